The molecule has 8 heteroatoms. The van der Waals surface area contributed by atoms with Crippen LogP contribution in [0, 0.1) is 5.82 Å². The first-order valence-corrected chi connectivity index (χ1v) is 8.83. The molecule has 2 aromatic rings. The smallest absolute Gasteiger partial charge is 0.279 e. The van der Waals surface area contributed by atoms with E-state index in [0.717, 1.165) is 12.1 Å². The fourth-order valence-corrected chi connectivity index (χ4v) is 4.05. The molecule has 5 nitrogen and oxygen atoms in total. The molecular formula is C14H11FN2O3S2. The van der Waals surface area contributed by atoms with E-state index in [9.17, 15) is 17.6 Å². The van der Waals surface area contributed by atoms with Gasteiger partial charge in [0.05, 0.1) is 21.2 Å². The molecule has 0 saturated carbocycles. The summed E-state index contributed by atoms with van der Waals surface area (Å²) in [5, 5.41) is 1.77. The Balaban J connectivity index is 1.85. The van der Waals surface area contributed by atoms with E-state index in [0.29, 0.717) is 10.6 Å². The zero-order valence-corrected chi connectivity index (χ0v) is 12.8. The van der Waals surface area contributed by atoms with Crippen LogP contribution in [0.2, 0.25) is 0 Å². The summed E-state index contributed by atoms with van der Waals surface area (Å²) in [6.45, 7) is 0. The number of sulfone groups is 1. The largest absolute Gasteiger partial charge is 0.298 e. The summed E-state index contributed by atoms with van der Waals surface area (Å²) in [6.07, 6.45) is 1.41. The summed E-state index contributed by atoms with van der Waals surface area (Å²) in [4.78, 5) is 12.4. The lowest BCUT2D eigenvalue weighted by Crippen LogP contribution is -2.37. The Morgan fingerprint density at radius 1 is 1.27 bits per heavy atom. The molecule has 0 aliphatic carbocycles. The van der Waals surface area contributed by atoms with Gasteiger partial charge >= 0.3 is 0 Å². The third-order valence-corrected chi connectivity index (χ3v) is 5.63. The number of amides is 1. The zero-order valence-electron chi connectivity index (χ0n) is 11.2. The first-order chi connectivity index (χ1) is 10.5. The molecule has 0 saturated heterocycles. The summed E-state index contributed by atoms with van der Waals surface area (Å²) in [5.74, 6) is -1.10. The number of carbonyl (C=O) groups excluding carboxylic acids is 1. The van der Waals surface area contributed by atoms with Gasteiger partial charge in [-0.1, -0.05) is 6.07 Å². The van der Waals surface area contributed by atoms with Crippen LogP contribution in [0.4, 0.5) is 4.39 Å². The van der Waals surface area contributed by atoms with E-state index in [1.54, 1.807) is 17.5 Å². The molecule has 0 atom stereocenters. The van der Waals surface area contributed by atoms with Crippen molar-refractivity contribution in [2.24, 2.45) is 0 Å². The Morgan fingerprint density at radius 2 is 2.09 bits per heavy atom. The molecule has 1 aromatic carbocycles. The van der Waals surface area contributed by atoms with Crippen molar-refractivity contribution >= 4 is 32.8 Å². The molecule has 1 aromatic heterocycles. The number of halogens is 1. The van der Waals surface area contributed by atoms with Crippen LogP contribution in [0.3, 0.4) is 0 Å². The quantitative estimate of drug-likeness (QED) is 0.663. The molecule has 0 radical (unpaired) electrons. The van der Waals surface area contributed by atoms with E-state index in [-0.39, 0.29) is 22.1 Å². The summed E-state index contributed by atoms with van der Waals surface area (Å²) in [6, 6.07) is 6.87. The maximum atomic E-state index is 13.4. The molecule has 0 spiro atoms. The van der Waals surface area contributed by atoms with Gasteiger partial charge in [0, 0.05) is 5.56 Å². The molecule has 0 unspecified atom stereocenters. The van der Waals surface area contributed by atoms with Gasteiger partial charge in [0.2, 0.25) is 0 Å². The topological polar surface area (TPSA) is 75.3 Å². The summed E-state index contributed by atoms with van der Waals surface area (Å²) >= 11 is 1.28. The number of hydrogen-bond acceptors (Lipinski definition) is 5. The Kier molecular flexibility index (Phi) is 3.71. The first kappa shape index (κ1) is 14.7. The van der Waals surface area contributed by atoms with E-state index < -0.39 is 15.7 Å². The highest BCUT2D eigenvalue weighted by Gasteiger charge is 2.25. The lowest BCUT2D eigenvalue weighted by atomic mass is 10.1. The molecule has 1 amide bonds. The molecule has 1 aliphatic heterocycles. The van der Waals surface area contributed by atoms with Gasteiger partial charge in [-0.15, -0.1) is 11.3 Å². The van der Waals surface area contributed by atoms with E-state index in [2.05, 4.69) is 10.9 Å². The summed E-state index contributed by atoms with van der Waals surface area (Å²) in [5.41, 5.74) is 5.71. The molecule has 0 bridgehead atoms. The highest BCUT2D eigenvalue weighted by molar-refractivity contribution is 7.91. The predicted octanol–water partition coefficient (Wildman–Crippen LogP) is 1.95. The molecule has 1 aliphatic rings. The van der Waals surface area contributed by atoms with E-state index >= 15 is 0 Å². The van der Waals surface area contributed by atoms with Crippen molar-refractivity contribution < 1.29 is 17.6 Å². The van der Waals surface area contributed by atoms with Crippen LogP contribution in [0.25, 0.3) is 5.70 Å². The maximum Gasteiger partial charge on any atom is 0.279 e. The monoisotopic (exact) mass is 338 g/mol. The normalized spacial score (nSPS) is 15.6. The molecule has 3 rings (SSSR count). The van der Waals surface area contributed by atoms with Gasteiger partial charge < -0.3 is 0 Å². The highest BCUT2D eigenvalue weighted by Crippen LogP contribution is 2.28. The molecule has 2 heterocycles. The maximum absolute atomic E-state index is 13.4. The van der Waals surface area contributed by atoms with Gasteiger partial charge in [-0.3, -0.25) is 15.6 Å². The minimum Gasteiger partial charge on any atom is -0.298 e. The third kappa shape index (κ3) is 2.75. The van der Waals surface area contributed by atoms with Crippen molar-refractivity contribution in [1.82, 2.24) is 10.9 Å². The van der Waals surface area contributed by atoms with Crippen LogP contribution >= 0.6 is 11.3 Å². The number of carbonyl (C=O) groups is 1. The Hall–Kier alpha value is -2.19. The molecular weight excluding hydrogens is 327 g/mol. The second-order valence-corrected chi connectivity index (χ2v) is 7.55. The van der Waals surface area contributed by atoms with E-state index in [4.69, 9.17) is 0 Å². The lowest BCUT2D eigenvalue weighted by Gasteiger charge is -2.19. The number of fused-ring (bicyclic) bond motifs is 1. The van der Waals surface area contributed by atoms with Crippen molar-refractivity contribution in [2.75, 3.05) is 5.75 Å². The number of benzene rings is 1. The van der Waals surface area contributed by atoms with Crippen molar-refractivity contribution in [2.45, 2.75) is 4.90 Å². The van der Waals surface area contributed by atoms with Gasteiger partial charge in [-0.2, -0.15) is 0 Å². The van der Waals surface area contributed by atoms with Gasteiger partial charge in [0.15, 0.2) is 9.84 Å². The number of rotatable bonds is 3. The first-order valence-electron chi connectivity index (χ1n) is 6.30. The average molecular weight is 338 g/mol. The van der Waals surface area contributed by atoms with Gasteiger partial charge in [0.1, 0.15) is 5.82 Å². The number of hydrogen-bond donors (Lipinski definition) is 2. The Morgan fingerprint density at radius 3 is 2.82 bits per heavy atom. The van der Waals surface area contributed by atoms with E-state index in [1.165, 1.54) is 23.5 Å². The number of nitrogens with one attached hydrogen (secondary N) is 2. The molecule has 22 heavy (non-hydrogen) atoms. The van der Waals surface area contributed by atoms with Gasteiger partial charge in [-0.25, -0.2) is 12.8 Å². The fourth-order valence-electron chi connectivity index (χ4n) is 2.09. The fraction of sp³-hybridized carbons (Fsp3) is 0.0714. The van der Waals surface area contributed by atoms with Crippen LogP contribution < -0.4 is 10.9 Å². The van der Waals surface area contributed by atoms with Crippen molar-refractivity contribution in [1.29, 1.82) is 0 Å². The van der Waals surface area contributed by atoms with Crippen LogP contribution in [-0.2, 0) is 9.84 Å². The average Bonchev–Trinajstić information content (AvgIpc) is 3.00. The molecule has 114 valence electrons. The second kappa shape index (κ2) is 5.54. The number of hydrazine groups is 1. The zero-order chi connectivity index (χ0) is 15.7. The second-order valence-electron chi connectivity index (χ2n) is 4.60. The van der Waals surface area contributed by atoms with Gasteiger partial charge in [-0.05, 0) is 35.7 Å². The van der Waals surface area contributed by atoms with Crippen LogP contribution in [0.1, 0.15) is 15.2 Å². The van der Waals surface area contributed by atoms with Crippen molar-refractivity contribution in [3.8, 4) is 0 Å². The predicted molar refractivity (Wildman–Crippen MR) is 81.4 cm³/mol. The third-order valence-electron chi connectivity index (χ3n) is 3.13. The van der Waals surface area contributed by atoms with Crippen LogP contribution in [0.5, 0.6) is 0 Å². The minimum atomic E-state index is -3.47. The van der Waals surface area contributed by atoms with Gasteiger partial charge in [0.25, 0.3) is 5.91 Å². The minimum absolute atomic E-state index is 0.0456. The van der Waals surface area contributed by atoms with Crippen LogP contribution in [-0.4, -0.2) is 20.1 Å². The number of thiophene rings is 1. The SMILES string of the molecule is O=C(NNC1=CCS(=O)(=O)c2ccc(F)cc21)c1cccs1. The Labute approximate surface area is 130 Å². The standard InChI is InChI=1S/C14H11FN2O3S2/c15-9-3-4-13-10(8-9)11(5-7-22(13,19)20)16-17-14(18)12-2-1-6-21-12/h1-6,8,16H,7H2,(H,17,18). The summed E-state index contributed by atoms with van der Waals surface area (Å²) in [7, 11) is -3.47. The lowest BCUT2D eigenvalue weighted by molar-refractivity contribution is 0.0946. The molecule has 0 fully saturated rings. The van der Waals surface area contributed by atoms with E-state index in [1.807, 2.05) is 0 Å². The van der Waals surface area contributed by atoms with Crippen molar-refractivity contribution in [3.05, 3.63) is 58.0 Å². The summed E-state index contributed by atoms with van der Waals surface area (Å²) < 4.78 is 37.4. The Bertz CT molecular complexity index is 858. The van der Waals surface area contributed by atoms with Crippen LogP contribution in [0.15, 0.2) is 46.7 Å². The highest BCUT2D eigenvalue weighted by atomic mass is 32.2. The van der Waals surface area contributed by atoms with Crippen molar-refractivity contribution in [3.63, 3.8) is 0 Å². The molecule has 2 N–H and O–H groups in total.